The molecular weight excluding hydrogens is 577 g/mol. The van der Waals surface area contributed by atoms with Gasteiger partial charge in [0.05, 0.1) is 45.7 Å². The topological polar surface area (TPSA) is 75.8 Å². The van der Waals surface area contributed by atoms with Gasteiger partial charge in [0.1, 0.15) is 11.5 Å². The van der Waals surface area contributed by atoms with Crippen molar-refractivity contribution < 1.29 is 9.47 Å². The molecule has 0 atom stereocenters. The van der Waals surface area contributed by atoms with Crippen molar-refractivity contribution in [3.63, 3.8) is 0 Å². The predicted molar refractivity (Wildman–Crippen MR) is 188 cm³/mol. The van der Waals surface area contributed by atoms with E-state index in [2.05, 4.69) is 82.8 Å². The molecule has 0 aliphatic carbocycles. The van der Waals surface area contributed by atoms with Gasteiger partial charge >= 0.3 is 0 Å². The fourth-order valence-corrected chi connectivity index (χ4v) is 6.35. The van der Waals surface area contributed by atoms with E-state index < -0.39 is 0 Å². The summed E-state index contributed by atoms with van der Waals surface area (Å²) in [6.45, 7) is 6.05. The van der Waals surface area contributed by atoms with E-state index in [1.807, 2.05) is 24.3 Å². The third kappa shape index (κ3) is 9.82. The average molecular weight is 625 g/mol. The minimum absolute atomic E-state index is 0.775. The normalized spacial score (nSPS) is 11.2. The molecule has 3 aromatic heterocycles. The summed E-state index contributed by atoms with van der Waals surface area (Å²) >= 11 is 1.71. The van der Waals surface area contributed by atoms with Crippen LogP contribution < -0.4 is 9.47 Å². The van der Waals surface area contributed by atoms with Gasteiger partial charge in [-0.05, 0) is 85.6 Å². The quantitative estimate of drug-likeness (QED) is 0.0845. The maximum atomic E-state index is 5.95. The standard InChI is InChI=1S/C38H48N4O2S/c1-3-5-7-9-11-13-25-43-31-19-15-29(16-20-31)33-27-35(41-39-33)37-23-24-38(45-37)36-28-34(40-42-36)30-17-21-32(22-18-30)44-26-14-12-10-8-6-4-2/h15-24,27-28H,3-14,25-26H2,1-2H3,(H,39,41)(H,40,42). The third-order valence-electron chi connectivity index (χ3n) is 8.13. The summed E-state index contributed by atoms with van der Waals surface area (Å²) in [6, 6.07) is 25.0. The summed E-state index contributed by atoms with van der Waals surface area (Å²) in [5.74, 6) is 1.83. The molecule has 238 valence electrons. The number of thiophene rings is 1. The Hall–Kier alpha value is -3.84. The zero-order valence-electron chi connectivity index (χ0n) is 26.9. The van der Waals surface area contributed by atoms with Gasteiger partial charge in [0.25, 0.3) is 0 Å². The first-order valence-corrected chi connectivity index (χ1v) is 17.7. The first-order valence-electron chi connectivity index (χ1n) is 16.9. The third-order valence-corrected chi connectivity index (χ3v) is 9.28. The van der Waals surface area contributed by atoms with E-state index >= 15 is 0 Å². The van der Waals surface area contributed by atoms with Gasteiger partial charge in [-0.25, -0.2) is 0 Å². The molecule has 3 heterocycles. The molecule has 2 aromatic carbocycles. The molecule has 0 bridgehead atoms. The van der Waals surface area contributed by atoms with E-state index in [4.69, 9.17) is 9.47 Å². The van der Waals surface area contributed by atoms with E-state index in [1.54, 1.807) is 11.3 Å². The smallest absolute Gasteiger partial charge is 0.119 e. The molecule has 45 heavy (non-hydrogen) atoms. The molecule has 0 amide bonds. The lowest BCUT2D eigenvalue weighted by molar-refractivity contribution is 0.304. The first-order chi connectivity index (χ1) is 22.2. The van der Waals surface area contributed by atoms with E-state index in [-0.39, 0.29) is 0 Å². The van der Waals surface area contributed by atoms with Crippen molar-refractivity contribution in [3.8, 4) is 55.2 Å². The summed E-state index contributed by atoms with van der Waals surface area (Å²) in [4.78, 5) is 2.26. The van der Waals surface area contributed by atoms with Crippen molar-refractivity contribution in [1.82, 2.24) is 20.4 Å². The highest BCUT2D eigenvalue weighted by Crippen LogP contribution is 2.35. The van der Waals surface area contributed by atoms with E-state index in [0.717, 1.165) is 81.2 Å². The van der Waals surface area contributed by atoms with Gasteiger partial charge in [-0.1, -0.05) is 78.1 Å². The van der Waals surface area contributed by atoms with Crippen molar-refractivity contribution >= 4 is 11.3 Å². The van der Waals surface area contributed by atoms with E-state index in [0.29, 0.717) is 0 Å². The minimum Gasteiger partial charge on any atom is -0.494 e. The van der Waals surface area contributed by atoms with Crippen molar-refractivity contribution in [2.75, 3.05) is 13.2 Å². The van der Waals surface area contributed by atoms with Crippen LogP contribution in [0.5, 0.6) is 11.5 Å². The fourth-order valence-electron chi connectivity index (χ4n) is 5.41. The Balaban J connectivity index is 1.11. The van der Waals surface area contributed by atoms with Gasteiger partial charge in [-0.3, -0.25) is 10.2 Å². The van der Waals surface area contributed by atoms with Crippen LogP contribution >= 0.6 is 11.3 Å². The summed E-state index contributed by atoms with van der Waals surface area (Å²) in [5, 5.41) is 15.6. The molecule has 0 saturated carbocycles. The number of hydrogen-bond acceptors (Lipinski definition) is 5. The highest BCUT2D eigenvalue weighted by atomic mass is 32.1. The zero-order valence-corrected chi connectivity index (χ0v) is 27.8. The molecule has 0 saturated heterocycles. The lowest BCUT2D eigenvalue weighted by Gasteiger charge is -2.06. The molecule has 5 rings (SSSR count). The summed E-state index contributed by atoms with van der Waals surface area (Å²) in [7, 11) is 0. The number of unbranched alkanes of at least 4 members (excludes halogenated alkanes) is 10. The lowest BCUT2D eigenvalue weighted by atomic mass is 10.1. The van der Waals surface area contributed by atoms with Crippen LogP contribution in [0.25, 0.3) is 43.7 Å². The average Bonchev–Trinajstić information content (AvgIpc) is 3.86. The van der Waals surface area contributed by atoms with Gasteiger partial charge in [-0.15, -0.1) is 11.3 Å². The molecule has 0 aliphatic rings. The highest BCUT2D eigenvalue weighted by Gasteiger charge is 2.12. The van der Waals surface area contributed by atoms with Gasteiger partial charge in [-0.2, -0.15) is 10.2 Å². The highest BCUT2D eigenvalue weighted by molar-refractivity contribution is 7.18. The van der Waals surface area contributed by atoms with E-state index in [9.17, 15) is 0 Å². The Bertz CT molecular complexity index is 1420. The van der Waals surface area contributed by atoms with Crippen molar-refractivity contribution in [3.05, 3.63) is 72.8 Å². The predicted octanol–water partition coefficient (Wildman–Crippen LogP) is 11.3. The molecule has 2 N–H and O–H groups in total. The monoisotopic (exact) mass is 624 g/mol. The SMILES string of the molecule is CCCCCCCCOc1ccc(-c2cc(-c3ccc(-c4cc(-c5ccc(OCCCCCCCC)cc5)n[nH]4)s3)[nH]n2)cc1. The number of H-pyrrole nitrogens is 2. The maximum absolute atomic E-state index is 5.95. The Kier molecular flexibility index (Phi) is 12.7. The van der Waals surface area contributed by atoms with Crippen LogP contribution in [-0.4, -0.2) is 33.6 Å². The second-order valence-corrected chi connectivity index (χ2v) is 12.9. The van der Waals surface area contributed by atoms with Crippen LogP contribution in [0.3, 0.4) is 0 Å². The number of hydrogen-bond donors (Lipinski definition) is 2. The van der Waals surface area contributed by atoms with Crippen LogP contribution in [0.4, 0.5) is 0 Å². The number of nitrogens with zero attached hydrogens (tertiary/aromatic N) is 2. The molecule has 5 aromatic rings. The van der Waals surface area contributed by atoms with Crippen molar-refractivity contribution in [2.45, 2.75) is 90.9 Å². The van der Waals surface area contributed by atoms with Crippen LogP contribution in [0.2, 0.25) is 0 Å². The Morgan fingerprint density at radius 3 is 1.33 bits per heavy atom. The maximum Gasteiger partial charge on any atom is 0.119 e. The molecule has 0 radical (unpaired) electrons. The molecular formula is C38H48N4O2S. The number of aromatic amines is 2. The molecule has 0 aliphatic heterocycles. The lowest BCUT2D eigenvalue weighted by Crippen LogP contribution is -1.97. The Labute approximate surface area is 272 Å². The number of ether oxygens (including phenoxy) is 2. The van der Waals surface area contributed by atoms with Crippen LogP contribution in [0.1, 0.15) is 90.9 Å². The number of benzene rings is 2. The van der Waals surface area contributed by atoms with Crippen molar-refractivity contribution in [1.29, 1.82) is 0 Å². The number of nitrogens with one attached hydrogen (secondary N) is 2. The minimum atomic E-state index is 0.775. The van der Waals surface area contributed by atoms with Gasteiger partial charge in [0.2, 0.25) is 0 Å². The van der Waals surface area contributed by atoms with Gasteiger partial charge < -0.3 is 9.47 Å². The first kappa shape index (κ1) is 32.6. The molecule has 0 fully saturated rings. The second kappa shape index (κ2) is 17.6. The van der Waals surface area contributed by atoms with Gasteiger partial charge in [0, 0.05) is 11.1 Å². The van der Waals surface area contributed by atoms with Gasteiger partial charge in [0.15, 0.2) is 0 Å². The van der Waals surface area contributed by atoms with Crippen LogP contribution in [0, 0.1) is 0 Å². The molecule has 7 heteroatoms. The summed E-state index contributed by atoms with van der Waals surface area (Å²) in [6.07, 6.45) is 15.2. The van der Waals surface area contributed by atoms with E-state index in [1.165, 1.54) is 64.2 Å². The number of aromatic nitrogens is 4. The Morgan fingerprint density at radius 2 is 0.911 bits per heavy atom. The summed E-state index contributed by atoms with van der Waals surface area (Å²) in [5.41, 5.74) is 5.98. The van der Waals surface area contributed by atoms with Crippen molar-refractivity contribution in [2.24, 2.45) is 0 Å². The zero-order chi connectivity index (χ0) is 31.1. The largest absolute Gasteiger partial charge is 0.494 e. The fraction of sp³-hybridized carbons (Fsp3) is 0.421. The molecule has 0 unspecified atom stereocenters. The summed E-state index contributed by atoms with van der Waals surface area (Å²) < 4.78 is 11.9. The number of rotatable bonds is 20. The molecule has 0 spiro atoms. The Morgan fingerprint density at radius 1 is 0.511 bits per heavy atom. The molecule has 6 nitrogen and oxygen atoms in total. The van der Waals surface area contributed by atoms with Crippen LogP contribution in [0.15, 0.2) is 72.8 Å². The van der Waals surface area contributed by atoms with Crippen LogP contribution in [-0.2, 0) is 0 Å². The second-order valence-electron chi connectivity index (χ2n) is 11.8.